The molecular formula is C17H37NO. The van der Waals surface area contributed by atoms with Crippen molar-refractivity contribution in [1.29, 1.82) is 0 Å². The van der Waals surface area contributed by atoms with Crippen LogP contribution >= 0.6 is 0 Å². The van der Waals surface area contributed by atoms with Crippen LogP contribution in [0.15, 0.2) is 0 Å². The first-order valence-electron chi connectivity index (χ1n) is 8.29. The molecule has 0 rings (SSSR count). The normalized spacial score (nSPS) is 13.7. The van der Waals surface area contributed by atoms with E-state index in [0.29, 0.717) is 6.04 Å². The van der Waals surface area contributed by atoms with Gasteiger partial charge in [0.15, 0.2) is 0 Å². The Bertz CT molecular complexity index is 192. The minimum absolute atomic E-state index is 0.646. The molecular weight excluding hydrogens is 234 g/mol. The Balaban J connectivity index is 3.50. The van der Waals surface area contributed by atoms with Crippen molar-refractivity contribution in [1.82, 2.24) is 4.90 Å². The van der Waals surface area contributed by atoms with Gasteiger partial charge in [0, 0.05) is 32.3 Å². The predicted octanol–water partition coefficient (Wildman–Crippen LogP) is 4.59. The summed E-state index contributed by atoms with van der Waals surface area (Å²) < 4.78 is 5.74. The highest BCUT2D eigenvalue weighted by Gasteiger charge is 2.10. The molecule has 0 saturated carbocycles. The van der Waals surface area contributed by atoms with Gasteiger partial charge in [-0.1, -0.05) is 34.1 Å². The molecule has 0 radical (unpaired) electrons. The highest BCUT2D eigenvalue weighted by molar-refractivity contribution is 4.64. The van der Waals surface area contributed by atoms with E-state index in [1.54, 1.807) is 0 Å². The van der Waals surface area contributed by atoms with Gasteiger partial charge in [0.25, 0.3) is 0 Å². The highest BCUT2D eigenvalue weighted by Crippen LogP contribution is 2.09. The molecule has 0 aliphatic rings. The van der Waals surface area contributed by atoms with E-state index < -0.39 is 0 Å². The average Bonchev–Trinajstić information content (AvgIpc) is 2.35. The van der Waals surface area contributed by atoms with Gasteiger partial charge in [-0.05, 0) is 44.9 Å². The number of hydrogen-bond donors (Lipinski definition) is 0. The molecule has 2 nitrogen and oxygen atoms in total. The molecule has 0 fully saturated rings. The summed E-state index contributed by atoms with van der Waals surface area (Å²) in [6.07, 6.45) is 4.98. The Morgan fingerprint density at radius 1 is 0.947 bits per heavy atom. The molecule has 0 bridgehead atoms. The summed E-state index contributed by atoms with van der Waals surface area (Å²) in [6, 6.07) is 0.646. The van der Waals surface area contributed by atoms with Crippen molar-refractivity contribution in [3.8, 4) is 0 Å². The van der Waals surface area contributed by atoms with E-state index in [-0.39, 0.29) is 0 Å². The van der Waals surface area contributed by atoms with Crippen LogP contribution in [0, 0.1) is 11.8 Å². The maximum atomic E-state index is 5.74. The first-order chi connectivity index (χ1) is 8.97. The SMILES string of the molecule is CCC(C)CCCOCCCN(CC(C)C)C(C)C. The fourth-order valence-corrected chi connectivity index (χ4v) is 2.24. The summed E-state index contributed by atoms with van der Waals surface area (Å²) in [5.41, 5.74) is 0. The lowest BCUT2D eigenvalue weighted by Gasteiger charge is -2.28. The lowest BCUT2D eigenvalue weighted by atomic mass is 10.0. The van der Waals surface area contributed by atoms with Crippen molar-refractivity contribution >= 4 is 0 Å². The van der Waals surface area contributed by atoms with Crippen LogP contribution in [0.25, 0.3) is 0 Å². The Labute approximate surface area is 121 Å². The standard InChI is InChI=1S/C17H37NO/c1-7-17(6)10-8-12-19-13-9-11-18(16(4)5)14-15(2)3/h15-17H,7-14H2,1-6H3. The molecule has 0 heterocycles. The van der Waals surface area contributed by atoms with Crippen molar-refractivity contribution in [3.63, 3.8) is 0 Å². The van der Waals surface area contributed by atoms with Gasteiger partial charge in [-0.2, -0.15) is 0 Å². The number of rotatable bonds is 12. The Morgan fingerprint density at radius 2 is 1.58 bits per heavy atom. The zero-order chi connectivity index (χ0) is 14.7. The molecule has 0 spiro atoms. The Morgan fingerprint density at radius 3 is 2.11 bits per heavy atom. The fourth-order valence-electron chi connectivity index (χ4n) is 2.24. The summed E-state index contributed by atoms with van der Waals surface area (Å²) in [7, 11) is 0. The van der Waals surface area contributed by atoms with Gasteiger partial charge in [-0.15, -0.1) is 0 Å². The van der Waals surface area contributed by atoms with Crippen LogP contribution < -0.4 is 0 Å². The Hall–Kier alpha value is -0.0800. The highest BCUT2D eigenvalue weighted by atomic mass is 16.5. The van der Waals surface area contributed by atoms with Gasteiger partial charge in [0.1, 0.15) is 0 Å². The fraction of sp³-hybridized carbons (Fsp3) is 1.00. The molecule has 0 aliphatic carbocycles. The molecule has 0 aliphatic heterocycles. The summed E-state index contributed by atoms with van der Waals surface area (Å²) in [5.74, 6) is 1.60. The molecule has 0 amide bonds. The van der Waals surface area contributed by atoms with E-state index in [0.717, 1.165) is 31.5 Å². The summed E-state index contributed by atoms with van der Waals surface area (Å²) in [4.78, 5) is 2.56. The molecule has 2 heteroatoms. The lowest BCUT2D eigenvalue weighted by Crippen LogP contribution is -2.35. The minimum atomic E-state index is 0.646. The van der Waals surface area contributed by atoms with E-state index in [1.807, 2.05) is 0 Å². The molecule has 1 unspecified atom stereocenters. The second kappa shape index (κ2) is 11.7. The zero-order valence-corrected chi connectivity index (χ0v) is 14.2. The van der Waals surface area contributed by atoms with Gasteiger partial charge >= 0.3 is 0 Å². The summed E-state index contributed by atoms with van der Waals surface area (Å²) in [5, 5.41) is 0. The third kappa shape index (κ3) is 11.4. The summed E-state index contributed by atoms with van der Waals surface area (Å²) in [6.45, 7) is 18.0. The van der Waals surface area contributed by atoms with Gasteiger partial charge < -0.3 is 9.64 Å². The largest absolute Gasteiger partial charge is 0.381 e. The number of hydrogen-bond acceptors (Lipinski definition) is 2. The van der Waals surface area contributed by atoms with Crippen LogP contribution in [0.3, 0.4) is 0 Å². The van der Waals surface area contributed by atoms with Crippen LogP contribution in [0.1, 0.15) is 67.2 Å². The van der Waals surface area contributed by atoms with Gasteiger partial charge in [0.05, 0.1) is 0 Å². The Kier molecular flexibility index (Phi) is 11.7. The van der Waals surface area contributed by atoms with Crippen molar-refractivity contribution in [2.45, 2.75) is 73.3 Å². The average molecular weight is 271 g/mol. The molecule has 0 aromatic heterocycles. The second-order valence-corrected chi connectivity index (χ2v) is 6.60. The first kappa shape index (κ1) is 18.9. The van der Waals surface area contributed by atoms with Gasteiger partial charge in [-0.25, -0.2) is 0 Å². The zero-order valence-electron chi connectivity index (χ0n) is 14.2. The van der Waals surface area contributed by atoms with Gasteiger partial charge in [-0.3, -0.25) is 0 Å². The number of nitrogens with zero attached hydrogens (tertiary/aromatic N) is 1. The van der Waals surface area contributed by atoms with E-state index >= 15 is 0 Å². The van der Waals surface area contributed by atoms with Crippen molar-refractivity contribution < 1.29 is 4.74 Å². The van der Waals surface area contributed by atoms with E-state index in [2.05, 4.69) is 46.4 Å². The molecule has 0 saturated heterocycles. The van der Waals surface area contributed by atoms with Crippen LogP contribution in [-0.4, -0.2) is 37.2 Å². The van der Waals surface area contributed by atoms with Crippen molar-refractivity contribution in [2.75, 3.05) is 26.3 Å². The molecule has 0 aromatic carbocycles. The van der Waals surface area contributed by atoms with Crippen LogP contribution in [-0.2, 0) is 4.74 Å². The minimum Gasteiger partial charge on any atom is -0.381 e. The topological polar surface area (TPSA) is 12.5 Å². The van der Waals surface area contributed by atoms with Crippen molar-refractivity contribution in [2.24, 2.45) is 11.8 Å². The van der Waals surface area contributed by atoms with E-state index in [9.17, 15) is 0 Å². The molecule has 0 aromatic rings. The monoisotopic (exact) mass is 271 g/mol. The van der Waals surface area contributed by atoms with E-state index in [4.69, 9.17) is 4.74 Å². The first-order valence-corrected chi connectivity index (χ1v) is 8.29. The number of ether oxygens (including phenoxy) is 1. The summed E-state index contributed by atoms with van der Waals surface area (Å²) >= 11 is 0. The lowest BCUT2D eigenvalue weighted by molar-refractivity contribution is 0.106. The van der Waals surface area contributed by atoms with Crippen LogP contribution in [0.4, 0.5) is 0 Å². The predicted molar refractivity (Wildman–Crippen MR) is 85.7 cm³/mol. The van der Waals surface area contributed by atoms with Gasteiger partial charge in [0.2, 0.25) is 0 Å². The second-order valence-electron chi connectivity index (χ2n) is 6.60. The maximum absolute atomic E-state index is 5.74. The smallest absolute Gasteiger partial charge is 0.0478 e. The van der Waals surface area contributed by atoms with E-state index in [1.165, 1.54) is 32.4 Å². The molecule has 1 atom stereocenters. The molecule has 0 N–H and O–H groups in total. The third-order valence-corrected chi connectivity index (χ3v) is 3.75. The van der Waals surface area contributed by atoms with Crippen LogP contribution in [0.5, 0.6) is 0 Å². The third-order valence-electron chi connectivity index (χ3n) is 3.75. The molecule has 19 heavy (non-hydrogen) atoms. The van der Waals surface area contributed by atoms with Crippen LogP contribution in [0.2, 0.25) is 0 Å². The van der Waals surface area contributed by atoms with Crippen molar-refractivity contribution in [3.05, 3.63) is 0 Å². The quantitative estimate of drug-likeness (QED) is 0.482. The molecule has 116 valence electrons. The maximum Gasteiger partial charge on any atom is 0.0478 e.